The summed E-state index contributed by atoms with van der Waals surface area (Å²) in [5, 5.41) is 11.9. The summed E-state index contributed by atoms with van der Waals surface area (Å²) in [5.74, 6) is 1.48. The average Bonchev–Trinajstić information content (AvgIpc) is 2.85. The van der Waals surface area contributed by atoms with Crippen molar-refractivity contribution in [3.63, 3.8) is 0 Å². The van der Waals surface area contributed by atoms with E-state index in [1.54, 1.807) is 24.4 Å². The number of anilines is 2. The van der Waals surface area contributed by atoms with Gasteiger partial charge >= 0.3 is 0 Å². The van der Waals surface area contributed by atoms with Crippen molar-refractivity contribution in [1.29, 1.82) is 5.26 Å². The zero-order valence-electron chi connectivity index (χ0n) is 10.1. The monoisotopic (exact) mass is 242 g/mol. The van der Waals surface area contributed by atoms with Gasteiger partial charge < -0.3 is 15.5 Å². The predicted octanol–water partition coefficient (Wildman–Crippen LogP) is 2.30. The zero-order valence-corrected chi connectivity index (χ0v) is 10.1. The number of nitriles is 1. The number of rotatable bonds is 4. The largest absolute Gasteiger partial charge is 0.444 e. The van der Waals surface area contributed by atoms with Gasteiger partial charge in [0.25, 0.3) is 0 Å². The van der Waals surface area contributed by atoms with Crippen molar-refractivity contribution >= 4 is 11.4 Å². The molecule has 5 nitrogen and oxygen atoms in total. The van der Waals surface area contributed by atoms with Crippen LogP contribution in [0.25, 0.3) is 0 Å². The third kappa shape index (κ3) is 2.61. The second kappa shape index (κ2) is 5.23. The zero-order chi connectivity index (χ0) is 13.0. The molecule has 0 bridgehead atoms. The van der Waals surface area contributed by atoms with E-state index < -0.39 is 0 Å². The van der Waals surface area contributed by atoms with Gasteiger partial charge in [-0.3, -0.25) is 0 Å². The Bertz CT molecular complexity index is 583. The van der Waals surface area contributed by atoms with E-state index in [1.165, 1.54) is 0 Å². The lowest BCUT2D eigenvalue weighted by atomic mass is 10.2. The van der Waals surface area contributed by atoms with Crippen LogP contribution in [0.3, 0.4) is 0 Å². The molecule has 3 N–H and O–H groups in total. The highest BCUT2D eigenvalue weighted by Gasteiger charge is 2.04. The maximum absolute atomic E-state index is 8.74. The normalized spacial score (nSPS) is 10.0. The highest BCUT2D eigenvalue weighted by Crippen LogP contribution is 2.20. The molecule has 5 heteroatoms. The van der Waals surface area contributed by atoms with E-state index in [2.05, 4.69) is 10.3 Å². The van der Waals surface area contributed by atoms with Gasteiger partial charge in [-0.2, -0.15) is 5.26 Å². The fourth-order valence-corrected chi connectivity index (χ4v) is 1.56. The topological polar surface area (TPSA) is 87.9 Å². The van der Waals surface area contributed by atoms with E-state index in [4.69, 9.17) is 15.4 Å². The highest BCUT2D eigenvalue weighted by atomic mass is 16.4. The minimum Gasteiger partial charge on any atom is -0.444 e. The van der Waals surface area contributed by atoms with Gasteiger partial charge in [0, 0.05) is 6.42 Å². The van der Waals surface area contributed by atoms with E-state index >= 15 is 0 Å². The molecule has 0 aliphatic rings. The summed E-state index contributed by atoms with van der Waals surface area (Å²) in [7, 11) is 0. The second-order valence-electron chi connectivity index (χ2n) is 3.84. The van der Waals surface area contributed by atoms with Crippen molar-refractivity contribution in [2.75, 3.05) is 11.1 Å². The number of nitrogens with two attached hydrogens (primary N) is 1. The quantitative estimate of drug-likeness (QED) is 0.803. The molecule has 1 heterocycles. The molecule has 0 fully saturated rings. The van der Waals surface area contributed by atoms with Gasteiger partial charge in [0.15, 0.2) is 0 Å². The lowest BCUT2D eigenvalue weighted by Gasteiger charge is -2.07. The number of hydrogen-bond donors (Lipinski definition) is 2. The van der Waals surface area contributed by atoms with Crippen molar-refractivity contribution in [1.82, 2.24) is 4.98 Å². The number of nitrogen functional groups attached to an aromatic ring is 1. The van der Waals surface area contributed by atoms with Crippen molar-refractivity contribution in [3.05, 3.63) is 41.6 Å². The summed E-state index contributed by atoms with van der Waals surface area (Å²) in [6.07, 6.45) is 2.55. The SMILES string of the molecule is CCc1cnc(CNc2ccc(C#N)cc2N)o1. The molecule has 0 unspecified atom stereocenters. The number of aryl methyl sites for hydroxylation is 1. The van der Waals surface area contributed by atoms with Crippen LogP contribution in [0.1, 0.15) is 24.1 Å². The van der Waals surface area contributed by atoms with Crippen LogP contribution in [0.5, 0.6) is 0 Å². The van der Waals surface area contributed by atoms with E-state index in [0.29, 0.717) is 23.7 Å². The number of hydrogen-bond acceptors (Lipinski definition) is 5. The van der Waals surface area contributed by atoms with Crippen LogP contribution in [-0.4, -0.2) is 4.98 Å². The van der Waals surface area contributed by atoms with Crippen molar-refractivity contribution < 1.29 is 4.42 Å². The Kier molecular flexibility index (Phi) is 3.49. The van der Waals surface area contributed by atoms with Crippen molar-refractivity contribution in [2.24, 2.45) is 0 Å². The molecular weight excluding hydrogens is 228 g/mol. The van der Waals surface area contributed by atoms with Crippen LogP contribution >= 0.6 is 0 Å². The number of oxazole rings is 1. The fourth-order valence-electron chi connectivity index (χ4n) is 1.56. The van der Waals surface area contributed by atoms with Gasteiger partial charge in [-0.1, -0.05) is 6.92 Å². The van der Waals surface area contributed by atoms with Crippen LogP contribution in [-0.2, 0) is 13.0 Å². The highest BCUT2D eigenvalue weighted by molar-refractivity contribution is 5.68. The van der Waals surface area contributed by atoms with E-state index in [9.17, 15) is 0 Å². The van der Waals surface area contributed by atoms with Gasteiger partial charge in [0.05, 0.1) is 35.7 Å². The molecule has 0 radical (unpaired) electrons. The van der Waals surface area contributed by atoms with E-state index in [0.717, 1.165) is 17.9 Å². The molecule has 0 atom stereocenters. The number of nitrogens with zero attached hydrogens (tertiary/aromatic N) is 2. The lowest BCUT2D eigenvalue weighted by molar-refractivity contribution is 0.466. The van der Waals surface area contributed by atoms with Gasteiger partial charge in [0.2, 0.25) is 5.89 Å². The molecular formula is C13H14N4O. The van der Waals surface area contributed by atoms with Gasteiger partial charge in [-0.05, 0) is 18.2 Å². The Balaban J connectivity index is 2.04. The summed E-state index contributed by atoms with van der Waals surface area (Å²) in [5.41, 5.74) is 7.68. The first kappa shape index (κ1) is 12.0. The minimum absolute atomic E-state index is 0.468. The van der Waals surface area contributed by atoms with Gasteiger partial charge in [0.1, 0.15) is 5.76 Å². The summed E-state index contributed by atoms with van der Waals surface area (Å²) in [4.78, 5) is 4.14. The molecule has 1 aromatic heterocycles. The number of benzene rings is 1. The Labute approximate surface area is 105 Å². The third-order valence-electron chi connectivity index (χ3n) is 2.56. The molecule has 0 amide bonds. The fraction of sp³-hybridized carbons (Fsp3) is 0.231. The predicted molar refractivity (Wildman–Crippen MR) is 68.8 cm³/mol. The Hall–Kier alpha value is -2.48. The van der Waals surface area contributed by atoms with Gasteiger partial charge in [-0.25, -0.2) is 4.98 Å². The molecule has 0 spiro atoms. The summed E-state index contributed by atoms with van der Waals surface area (Å²) in [6.45, 7) is 2.48. The molecule has 0 aliphatic carbocycles. The van der Waals surface area contributed by atoms with Crippen LogP contribution in [0.4, 0.5) is 11.4 Å². The first-order chi connectivity index (χ1) is 8.72. The first-order valence-electron chi connectivity index (χ1n) is 5.70. The smallest absolute Gasteiger partial charge is 0.213 e. The molecule has 1 aromatic carbocycles. The van der Waals surface area contributed by atoms with Crippen LogP contribution in [0.2, 0.25) is 0 Å². The Morgan fingerprint density at radius 3 is 2.94 bits per heavy atom. The van der Waals surface area contributed by atoms with Crippen LogP contribution in [0, 0.1) is 11.3 Å². The standard InChI is InChI=1S/C13H14N4O/c1-2-10-7-17-13(18-10)8-16-12-4-3-9(6-14)5-11(12)15/h3-5,7,16H,2,8,15H2,1H3. The minimum atomic E-state index is 0.468. The van der Waals surface area contributed by atoms with Crippen molar-refractivity contribution in [2.45, 2.75) is 19.9 Å². The second-order valence-corrected chi connectivity index (χ2v) is 3.84. The Morgan fingerprint density at radius 1 is 1.50 bits per heavy atom. The Morgan fingerprint density at radius 2 is 2.33 bits per heavy atom. The molecule has 0 aliphatic heterocycles. The maximum atomic E-state index is 8.74. The molecule has 2 rings (SSSR count). The summed E-state index contributed by atoms with van der Waals surface area (Å²) >= 11 is 0. The lowest BCUT2D eigenvalue weighted by Crippen LogP contribution is -2.02. The van der Waals surface area contributed by atoms with Crippen LogP contribution < -0.4 is 11.1 Å². The van der Waals surface area contributed by atoms with E-state index in [-0.39, 0.29) is 0 Å². The van der Waals surface area contributed by atoms with E-state index in [1.807, 2.05) is 13.0 Å². The first-order valence-corrected chi connectivity index (χ1v) is 5.70. The average molecular weight is 242 g/mol. The number of aromatic nitrogens is 1. The van der Waals surface area contributed by atoms with Gasteiger partial charge in [-0.15, -0.1) is 0 Å². The van der Waals surface area contributed by atoms with Crippen LogP contribution in [0.15, 0.2) is 28.8 Å². The van der Waals surface area contributed by atoms with Crippen molar-refractivity contribution in [3.8, 4) is 6.07 Å². The molecule has 0 saturated heterocycles. The molecule has 18 heavy (non-hydrogen) atoms. The summed E-state index contributed by atoms with van der Waals surface area (Å²) < 4.78 is 5.47. The molecule has 0 saturated carbocycles. The third-order valence-corrected chi connectivity index (χ3v) is 2.56. The maximum Gasteiger partial charge on any atom is 0.213 e. The molecule has 2 aromatic rings. The summed E-state index contributed by atoms with van der Waals surface area (Å²) in [6, 6.07) is 7.16. The molecule has 92 valence electrons. The number of nitrogens with one attached hydrogen (secondary N) is 1.